The molecule has 15 heavy (non-hydrogen) atoms. The van der Waals surface area contributed by atoms with Crippen molar-refractivity contribution in [2.24, 2.45) is 0 Å². The number of hydrogen-bond acceptors (Lipinski definition) is 3. The fourth-order valence-electron chi connectivity index (χ4n) is 1.15. The number of carbonyl (C=O) groups excluding carboxylic acids is 1. The Morgan fingerprint density at radius 3 is 2.53 bits per heavy atom. The average molecular weight is 209 g/mol. The van der Waals surface area contributed by atoms with Crippen molar-refractivity contribution < 1.29 is 15.0 Å². The molecule has 3 N–H and O–H groups in total. The second-order valence-corrected chi connectivity index (χ2v) is 3.26. The maximum atomic E-state index is 10.9. The molecule has 4 nitrogen and oxygen atoms in total. The van der Waals surface area contributed by atoms with Gasteiger partial charge in [0.25, 0.3) is 0 Å². The molecule has 0 aliphatic heterocycles. The van der Waals surface area contributed by atoms with Crippen LogP contribution in [-0.2, 0) is 4.79 Å². The van der Waals surface area contributed by atoms with Crippen LogP contribution in [0.4, 0.5) is 0 Å². The zero-order valence-electron chi connectivity index (χ0n) is 8.60. The molecular weight excluding hydrogens is 194 g/mol. The zero-order valence-corrected chi connectivity index (χ0v) is 8.60. The van der Waals surface area contributed by atoms with E-state index in [-0.39, 0.29) is 18.2 Å². The lowest BCUT2D eigenvalue weighted by Crippen LogP contribution is -2.27. The Balaban J connectivity index is 2.50. The lowest BCUT2D eigenvalue weighted by molar-refractivity contribution is -0.121. The molecule has 1 atom stereocenters. The van der Waals surface area contributed by atoms with E-state index in [4.69, 9.17) is 5.11 Å². The van der Waals surface area contributed by atoms with Crippen molar-refractivity contribution in [1.29, 1.82) is 0 Å². The summed E-state index contributed by atoms with van der Waals surface area (Å²) in [6.07, 6.45) is -0.330. The highest BCUT2D eigenvalue weighted by Crippen LogP contribution is 2.15. The van der Waals surface area contributed by atoms with E-state index >= 15 is 0 Å². The molecule has 1 aromatic carbocycles. The Labute approximate surface area is 88.6 Å². The monoisotopic (exact) mass is 209 g/mol. The Morgan fingerprint density at radius 1 is 1.40 bits per heavy atom. The summed E-state index contributed by atoms with van der Waals surface area (Å²) < 4.78 is 0. The van der Waals surface area contributed by atoms with Crippen molar-refractivity contribution in [3.05, 3.63) is 29.8 Å². The molecule has 82 valence electrons. The first-order valence-electron chi connectivity index (χ1n) is 4.87. The topological polar surface area (TPSA) is 69.6 Å². The Bertz CT molecular complexity index is 321. The highest BCUT2D eigenvalue weighted by atomic mass is 16.3. The number of aliphatic hydroxyl groups excluding tert-OH is 1. The van der Waals surface area contributed by atoms with Gasteiger partial charge in [-0.25, -0.2) is 0 Å². The second kappa shape index (κ2) is 5.36. The zero-order chi connectivity index (χ0) is 11.3. The van der Waals surface area contributed by atoms with Crippen LogP contribution < -0.4 is 5.32 Å². The first-order valence-corrected chi connectivity index (χ1v) is 4.87. The van der Waals surface area contributed by atoms with Crippen LogP contribution in [0.2, 0.25) is 0 Å². The summed E-state index contributed by atoms with van der Waals surface area (Å²) in [4.78, 5) is 10.9. The van der Waals surface area contributed by atoms with Gasteiger partial charge in [0.2, 0.25) is 5.91 Å². The van der Waals surface area contributed by atoms with Crippen LogP contribution in [0.25, 0.3) is 0 Å². The molecule has 1 amide bonds. The van der Waals surface area contributed by atoms with Crippen molar-refractivity contribution in [3.8, 4) is 5.75 Å². The second-order valence-electron chi connectivity index (χ2n) is 3.26. The highest BCUT2D eigenvalue weighted by Gasteiger charge is 2.08. The summed E-state index contributed by atoms with van der Waals surface area (Å²) in [6.45, 7) is 1.94. The molecule has 0 heterocycles. The smallest absolute Gasteiger partial charge is 0.219 e. The van der Waals surface area contributed by atoms with E-state index in [0.717, 1.165) is 0 Å². The van der Waals surface area contributed by atoms with Gasteiger partial charge in [0.05, 0.1) is 6.10 Å². The highest BCUT2D eigenvalue weighted by molar-refractivity contribution is 5.75. The van der Waals surface area contributed by atoms with Gasteiger partial charge in [0, 0.05) is 13.0 Å². The number of nitrogens with one attached hydrogen (secondary N) is 1. The van der Waals surface area contributed by atoms with Gasteiger partial charge in [-0.3, -0.25) is 4.79 Å². The molecular formula is C11H15NO3. The number of phenols is 1. The molecule has 0 saturated heterocycles. The molecule has 0 aliphatic carbocycles. The number of amides is 1. The minimum atomic E-state index is -0.735. The third-order valence-electron chi connectivity index (χ3n) is 2.09. The normalized spacial score (nSPS) is 12.1. The van der Waals surface area contributed by atoms with E-state index in [1.54, 1.807) is 19.1 Å². The van der Waals surface area contributed by atoms with Crippen molar-refractivity contribution in [3.63, 3.8) is 0 Å². The maximum absolute atomic E-state index is 10.9. The fraction of sp³-hybridized carbons (Fsp3) is 0.364. The Kier molecular flexibility index (Phi) is 4.12. The third kappa shape index (κ3) is 3.59. The van der Waals surface area contributed by atoms with E-state index in [2.05, 4.69) is 5.32 Å². The van der Waals surface area contributed by atoms with E-state index < -0.39 is 6.10 Å². The van der Waals surface area contributed by atoms with Gasteiger partial charge < -0.3 is 15.5 Å². The molecule has 0 radical (unpaired) electrons. The van der Waals surface area contributed by atoms with Crippen LogP contribution >= 0.6 is 0 Å². The molecule has 1 unspecified atom stereocenters. The summed E-state index contributed by atoms with van der Waals surface area (Å²) in [5.74, 6) is 0.0661. The van der Waals surface area contributed by atoms with Crippen LogP contribution in [0.15, 0.2) is 24.3 Å². The SMILES string of the molecule is CCC(=O)NCC(O)c1ccc(O)cc1. The summed E-state index contributed by atoms with van der Waals surface area (Å²) in [5, 5.41) is 21.3. The van der Waals surface area contributed by atoms with Gasteiger partial charge >= 0.3 is 0 Å². The number of carbonyl (C=O) groups is 1. The standard InChI is InChI=1S/C11H15NO3/c1-2-11(15)12-7-10(14)8-3-5-9(13)6-4-8/h3-6,10,13-14H,2,7H2,1H3,(H,12,15). The van der Waals surface area contributed by atoms with Crippen LogP contribution in [0.1, 0.15) is 25.0 Å². The molecule has 0 aliphatic rings. The Morgan fingerprint density at radius 2 is 2.00 bits per heavy atom. The van der Waals surface area contributed by atoms with Crippen LogP contribution in [-0.4, -0.2) is 22.7 Å². The van der Waals surface area contributed by atoms with Gasteiger partial charge in [0.1, 0.15) is 5.75 Å². The minimum Gasteiger partial charge on any atom is -0.508 e. The van der Waals surface area contributed by atoms with Gasteiger partial charge in [-0.1, -0.05) is 19.1 Å². The number of benzene rings is 1. The number of hydrogen-bond donors (Lipinski definition) is 3. The quantitative estimate of drug-likeness (QED) is 0.691. The molecule has 0 aromatic heterocycles. The molecule has 4 heteroatoms. The lowest BCUT2D eigenvalue weighted by atomic mass is 10.1. The number of phenolic OH excluding ortho intramolecular Hbond substituents is 1. The van der Waals surface area contributed by atoms with Crippen molar-refractivity contribution in [2.45, 2.75) is 19.4 Å². The molecule has 0 saturated carbocycles. The van der Waals surface area contributed by atoms with Gasteiger partial charge in [-0.2, -0.15) is 0 Å². The van der Waals surface area contributed by atoms with Crippen molar-refractivity contribution in [2.75, 3.05) is 6.54 Å². The molecule has 1 rings (SSSR count). The predicted octanol–water partition coefficient (Wildman–Crippen LogP) is 0.952. The van der Waals surface area contributed by atoms with Crippen LogP contribution in [0, 0.1) is 0 Å². The first kappa shape index (κ1) is 11.5. The summed E-state index contributed by atoms with van der Waals surface area (Å²) in [6, 6.07) is 6.25. The predicted molar refractivity (Wildman–Crippen MR) is 56.4 cm³/mol. The van der Waals surface area contributed by atoms with Crippen LogP contribution in [0.3, 0.4) is 0 Å². The number of aromatic hydroxyl groups is 1. The lowest BCUT2D eigenvalue weighted by Gasteiger charge is -2.11. The van der Waals surface area contributed by atoms with E-state index in [0.29, 0.717) is 12.0 Å². The van der Waals surface area contributed by atoms with Gasteiger partial charge in [-0.15, -0.1) is 0 Å². The Hall–Kier alpha value is -1.55. The molecule has 0 fully saturated rings. The van der Waals surface area contributed by atoms with E-state index in [1.165, 1.54) is 12.1 Å². The average Bonchev–Trinajstić information content (AvgIpc) is 2.26. The van der Waals surface area contributed by atoms with Crippen molar-refractivity contribution >= 4 is 5.91 Å². The van der Waals surface area contributed by atoms with Gasteiger partial charge in [-0.05, 0) is 17.7 Å². The van der Waals surface area contributed by atoms with E-state index in [9.17, 15) is 9.90 Å². The molecule has 1 aromatic rings. The third-order valence-corrected chi connectivity index (χ3v) is 2.09. The molecule has 0 bridgehead atoms. The summed E-state index contributed by atoms with van der Waals surface area (Å²) >= 11 is 0. The fourth-order valence-corrected chi connectivity index (χ4v) is 1.15. The van der Waals surface area contributed by atoms with Gasteiger partial charge in [0.15, 0.2) is 0 Å². The first-order chi connectivity index (χ1) is 7.13. The summed E-state index contributed by atoms with van der Waals surface area (Å²) in [7, 11) is 0. The maximum Gasteiger partial charge on any atom is 0.219 e. The van der Waals surface area contributed by atoms with Crippen molar-refractivity contribution in [1.82, 2.24) is 5.32 Å². The number of aliphatic hydroxyl groups is 1. The largest absolute Gasteiger partial charge is 0.508 e. The number of rotatable bonds is 4. The minimum absolute atomic E-state index is 0.0900. The summed E-state index contributed by atoms with van der Waals surface area (Å²) in [5.41, 5.74) is 0.671. The molecule has 0 spiro atoms. The van der Waals surface area contributed by atoms with Crippen LogP contribution in [0.5, 0.6) is 5.75 Å². The van der Waals surface area contributed by atoms with E-state index in [1.807, 2.05) is 0 Å².